The van der Waals surface area contributed by atoms with Crippen LogP contribution >= 0.6 is 11.8 Å². The number of pyridine rings is 1. The second-order valence-electron chi connectivity index (χ2n) is 4.30. The Labute approximate surface area is 119 Å². The number of aromatic nitrogens is 2. The monoisotopic (exact) mass is 284 g/mol. The Morgan fingerprint density at radius 1 is 1.15 bits per heavy atom. The fourth-order valence-corrected chi connectivity index (χ4v) is 2.67. The van der Waals surface area contributed by atoms with Gasteiger partial charge in [-0.15, -0.1) is 11.8 Å². The van der Waals surface area contributed by atoms with Gasteiger partial charge in [0, 0.05) is 22.9 Å². The summed E-state index contributed by atoms with van der Waals surface area (Å²) in [4.78, 5) is 17.4. The zero-order valence-corrected chi connectivity index (χ0v) is 11.4. The normalized spacial score (nSPS) is 10.8. The number of rotatable bonds is 3. The van der Waals surface area contributed by atoms with Gasteiger partial charge in [0.25, 0.3) is 5.56 Å². The molecule has 0 unspecified atom stereocenters. The molecule has 0 saturated heterocycles. The smallest absolute Gasteiger partial charge is 0.258 e. The lowest BCUT2D eigenvalue weighted by Crippen LogP contribution is -2.14. The Kier molecular flexibility index (Phi) is 3.43. The third-order valence-electron chi connectivity index (χ3n) is 2.85. The molecule has 0 aliphatic carbocycles. The number of nitrogens with zero attached hydrogens (tertiary/aromatic N) is 2. The van der Waals surface area contributed by atoms with Crippen molar-refractivity contribution in [2.75, 3.05) is 0 Å². The third-order valence-corrected chi connectivity index (χ3v) is 3.89. The van der Waals surface area contributed by atoms with E-state index < -0.39 is 0 Å². The van der Waals surface area contributed by atoms with Crippen molar-refractivity contribution < 1.29 is 5.11 Å². The van der Waals surface area contributed by atoms with E-state index in [2.05, 4.69) is 4.98 Å². The van der Waals surface area contributed by atoms with Crippen LogP contribution in [0.5, 0.6) is 5.75 Å². The summed E-state index contributed by atoms with van der Waals surface area (Å²) in [5.74, 6) is 0.863. The van der Waals surface area contributed by atoms with Crippen molar-refractivity contribution in [2.45, 2.75) is 10.6 Å². The van der Waals surface area contributed by atoms with E-state index >= 15 is 0 Å². The molecule has 100 valence electrons. The van der Waals surface area contributed by atoms with Gasteiger partial charge in [-0.2, -0.15) is 0 Å². The highest BCUT2D eigenvalue weighted by molar-refractivity contribution is 7.98. The van der Waals surface area contributed by atoms with Crippen molar-refractivity contribution in [3.8, 4) is 5.75 Å². The molecular formula is C15H12N2O2S. The van der Waals surface area contributed by atoms with Gasteiger partial charge >= 0.3 is 0 Å². The second kappa shape index (κ2) is 5.38. The fourth-order valence-electron chi connectivity index (χ4n) is 1.88. The van der Waals surface area contributed by atoms with Crippen molar-refractivity contribution in [3.05, 3.63) is 70.8 Å². The summed E-state index contributed by atoms with van der Waals surface area (Å²) in [5, 5.41) is 9.23. The van der Waals surface area contributed by atoms with E-state index in [0.717, 1.165) is 10.6 Å². The zero-order chi connectivity index (χ0) is 13.9. The van der Waals surface area contributed by atoms with Gasteiger partial charge in [-0.25, -0.2) is 4.98 Å². The van der Waals surface area contributed by atoms with Crippen molar-refractivity contribution in [1.29, 1.82) is 0 Å². The standard InChI is InChI=1S/C15H12N2O2S/c18-12-4-6-13(7-5-12)20-10-11-9-15(19)17-8-2-1-3-14(17)16-11/h1-9,18H,10H2. The minimum atomic E-state index is -0.0723. The lowest BCUT2D eigenvalue weighted by atomic mass is 10.3. The summed E-state index contributed by atoms with van der Waals surface area (Å²) in [6, 6.07) is 14.0. The Balaban J connectivity index is 1.84. The van der Waals surface area contributed by atoms with E-state index in [1.165, 1.54) is 4.40 Å². The molecule has 0 atom stereocenters. The first-order chi connectivity index (χ1) is 9.72. The van der Waals surface area contributed by atoms with E-state index in [1.807, 2.05) is 24.3 Å². The SMILES string of the molecule is O=c1cc(CSc2ccc(O)cc2)nc2ccccn12. The van der Waals surface area contributed by atoms with E-state index in [9.17, 15) is 9.90 Å². The van der Waals surface area contributed by atoms with Crippen LogP contribution in [0.2, 0.25) is 0 Å². The summed E-state index contributed by atoms with van der Waals surface area (Å²) in [5.41, 5.74) is 1.33. The summed E-state index contributed by atoms with van der Waals surface area (Å²) in [7, 11) is 0. The minimum Gasteiger partial charge on any atom is -0.508 e. The molecule has 0 radical (unpaired) electrons. The molecule has 3 rings (SSSR count). The molecule has 1 N–H and O–H groups in total. The topological polar surface area (TPSA) is 54.6 Å². The van der Waals surface area contributed by atoms with Gasteiger partial charge in [-0.3, -0.25) is 9.20 Å². The molecule has 3 aromatic rings. The number of thioether (sulfide) groups is 1. The summed E-state index contributed by atoms with van der Waals surface area (Å²) in [6.07, 6.45) is 1.71. The molecule has 0 spiro atoms. The second-order valence-corrected chi connectivity index (χ2v) is 5.35. The van der Waals surface area contributed by atoms with Crippen LogP contribution in [0.4, 0.5) is 0 Å². The van der Waals surface area contributed by atoms with Gasteiger partial charge in [0.05, 0.1) is 5.69 Å². The zero-order valence-electron chi connectivity index (χ0n) is 10.6. The molecule has 0 aliphatic heterocycles. The molecular weight excluding hydrogens is 272 g/mol. The van der Waals surface area contributed by atoms with Crippen LogP contribution in [0, 0.1) is 0 Å². The number of aromatic hydroxyl groups is 1. The molecule has 20 heavy (non-hydrogen) atoms. The maximum atomic E-state index is 11.9. The highest BCUT2D eigenvalue weighted by Crippen LogP contribution is 2.23. The Bertz CT molecular complexity index is 797. The molecule has 0 fully saturated rings. The van der Waals surface area contributed by atoms with E-state index in [0.29, 0.717) is 11.4 Å². The lowest BCUT2D eigenvalue weighted by molar-refractivity contribution is 0.475. The Hall–Kier alpha value is -2.27. The number of phenols is 1. The number of benzene rings is 1. The van der Waals surface area contributed by atoms with Crippen LogP contribution in [0.15, 0.2) is 64.4 Å². The van der Waals surface area contributed by atoms with Gasteiger partial charge < -0.3 is 5.11 Å². The van der Waals surface area contributed by atoms with Crippen LogP contribution in [0.3, 0.4) is 0 Å². The maximum absolute atomic E-state index is 11.9. The molecule has 2 heterocycles. The predicted octanol–water partition coefficient (Wildman–Crippen LogP) is 2.69. The first-order valence-corrected chi connectivity index (χ1v) is 7.10. The average molecular weight is 284 g/mol. The Morgan fingerprint density at radius 2 is 1.95 bits per heavy atom. The molecule has 1 aromatic carbocycles. The van der Waals surface area contributed by atoms with Crippen LogP contribution in [-0.2, 0) is 5.75 Å². The summed E-state index contributed by atoms with van der Waals surface area (Å²) in [6.45, 7) is 0. The van der Waals surface area contributed by atoms with E-state index in [1.54, 1.807) is 42.2 Å². The van der Waals surface area contributed by atoms with E-state index in [4.69, 9.17) is 0 Å². The number of hydrogen-bond acceptors (Lipinski definition) is 4. The minimum absolute atomic E-state index is 0.0723. The molecule has 5 heteroatoms. The first-order valence-electron chi connectivity index (χ1n) is 6.11. The lowest BCUT2D eigenvalue weighted by Gasteiger charge is -2.04. The first kappa shape index (κ1) is 12.7. The largest absolute Gasteiger partial charge is 0.508 e. The van der Waals surface area contributed by atoms with Gasteiger partial charge in [0.15, 0.2) is 0 Å². The third kappa shape index (κ3) is 2.67. The number of phenolic OH excluding ortho intramolecular Hbond substituents is 1. The van der Waals surface area contributed by atoms with E-state index in [-0.39, 0.29) is 11.3 Å². The molecule has 0 amide bonds. The molecule has 0 bridgehead atoms. The highest BCUT2D eigenvalue weighted by Gasteiger charge is 2.03. The summed E-state index contributed by atoms with van der Waals surface area (Å²) < 4.78 is 1.52. The molecule has 2 aromatic heterocycles. The molecule has 0 saturated carbocycles. The van der Waals surface area contributed by atoms with Gasteiger partial charge in [0.2, 0.25) is 0 Å². The van der Waals surface area contributed by atoms with Crippen LogP contribution in [-0.4, -0.2) is 14.5 Å². The van der Waals surface area contributed by atoms with Crippen molar-refractivity contribution in [3.63, 3.8) is 0 Å². The number of hydrogen-bond donors (Lipinski definition) is 1. The van der Waals surface area contributed by atoms with Gasteiger partial charge in [-0.05, 0) is 36.4 Å². The van der Waals surface area contributed by atoms with Crippen LogP contribution < -0.4 is 5.56 Å². The van der Waals surface area contributed by atoms with Crippen molar-refractivity contribution in [2.24, 2.45) is 0 Å². The van der Waals surface area contributed by atoms with Gasteiger partial charge in [-0.1, -0.05) is 6.07 Å². The quantitative estimate of drug-likeness (QED) is 0.751. The summed E-state index contributed by atoms with van der Waals surface area (Å²) >= 11 is 1.58. The Morgan fingerprint density at radius 3 is 2.75 bits per heavy atom. The van der Waals surface area contributed by atoms with Gasteiger partial charge in [0.1, 0.15) is 11.4 Å². The molecule has 4 nitrogen and oxygen atoms in total. The average Bonchev–Trinajstić information content (AvgIpc) is 2.47. The fraction of sp³-hybridized carbons (Fsp3) is 0.0667. The number of fused-ring (bicyclic) bond motifs is 1. The van der Waals surface area contributed by atoms with Crippen molar-refractivity contribution in [1.82, 2.24) is 9.38 Å². The molecule has 0 aliphatic rings. The predicted molar refractivity (Wildman–Crippen MR) is 79.1 cm³/mol. The highest BCUT2D eigenvalue weighted by atomic mass is 32.2. The maximum Gasteiger partial charge on any atom is 0.258 e. The van der Waals surface area contributed by atoms with Crippen LogP contribution in [0.1, 0.15) is 5.69 Å². The van der Waals surface area contributed by atoms with Crippen molar-refractivity contribution >= 4 is 17.4 Å². The van der Waals surface area contributed by atoms with Crippen LogP contribution in [0.25, 0.3) is 5.65 Å².